The third-order valence-corrected chi connectivity index (χ3v) is 15.2. The molecule has 1 heterocycles. The van der Waals surface area contributed by atoms with Crippen molar-refractivity contribution in [1.82, 2.24) is 4.57 Å². The molecule has 3 aliphatic rings. The van der Waals surface area contributed by atoms with Gasteiger partial charge in [-0.25, -0.2) is 0 Å². The molecule has 8 aromatic carbocycles. The van der Waals surface area contributed by atoms with Gasteiger partial charge in [0.2, 0.25) is 0 Å². The second-order valence-corrected chi connectivity index (χ2v) is 19.6. The molecule has 0 radical (unpaired) electrons. The molecule has 2 heteroatoms. The predicted octanol–water partition coefficient (Wildman–Crippen LogP) is 17.0. The van der Waals surface area contributed by atoms with Gasteiger partial charge in [0, 0.05) is 44.4 Å². The molecule has 0 amide bonds. The Labute approximate surface area is 372 Å². The van der Waals surface area contributed by atoms with E-state index in [1.807, 2.05) is 0 Å². The molecule has 9 aromatic rings. The number of anilines is 3. The molecule has 12 rings (SSSR count). The molecule has 0 bridgehead atoms. The molecule has 0 saturated heterocycles. The maximum atomic E-state index is 2.50. The highest BCUT2D eigenvalue weighted by Crippen LogP contribution is 2.53. The highest BCUT2D eigenvalue weighted by atomic mass is 15.1. The maximum absolute atomic E-state index is 2.50. The molecular formula is C61H54N2. The molecular weight excluding hydrogens is 761 g/mol. The quantitative estimate of drug-likeness (QED) is 0.152. The van der Waals surface area contributed by atoms with E-state index in [1.165, 1.54) is 139 Å². The lowest BCUT2D eigenvalue weighted by molar-refractivity contribution is 0.592. The number of aromatic nitrogens is 1. The highest BCUT2D eigenvalue weighted by molar-refractivity contribution is 6.10. The minimum absolute atomic E-state index is 0.0340. The Balaban J connectivity index is 0.983. The third kappa shape index (κ3) is 5.98. The van der Waals surface area contributed by atoms with Gasteiger partial charge in [-0.15, -0.1) is 0 Å². The van der Waals surface area contributed by atoms with Crippen LogP contribution in [0.15, 0.2) is 176 Å². The average molecular weight is 815 g/mol. The summed E-state index contributed by atoms with van der Waals surface area (Å²) >= 11 is 0. The Bertz CT molecular complexity index is 3230. The van der Waals surface area contributed by atoms with E-state index in [9.17, 15) is 0 Å². The second-order valence-electron chi connectivity index (χ2n) is 19.6. The van der Waals surface area contributed by atoms with Crippen molar-refractivity contribution in [2.24, 2.45) is 0 Å². The minimum atomic E-state index is -0.167. The van der Waals surface area contributed by atoms with Gasteiger partial charge >= 0.3 is 0 Å². The van der Waals surface area contributed by atoms with Crippen molar-refractivity contribution in [3.8, 4) is 39.1 Å². The molecule has 0 N–H and O–H groups in total. The number of nitrogens with zero attached hydrogens (tertiary/aromatic N) is 2. The molecule has 308 valence electrons. The topological polar surface area (TPSA) is 8.17 Å². The summed E-state index contributed by atoms with van der Waals surface area (Å²) in [5, 5.41) is 2.53. The number of fused-ring (bicyclic) bond motifs is 9. The first kappa shape index (κ1) is 38.1. The van der Waals surface area contributed by atoms with Crippen molar-refractivity contribution in [3.63, 3.8) is 0 Å². The first-order valence-corrected chi connectivity index (χ1v) is 23.3. The van der Waals surface area contributed by atoms with Gasteiger partial charge in [-0.3, -0.25) is 0 Å². The highest BCUT2D eigenvalue weighted by Gasteiger charge is 2.38. The summed E-state index contributed by atoms with van der Waals surface area (Å²) in [6.45, 7) is 9.56. The van der Waals surface area contributed by atoms with E-state index in [0.29, 0.717) is 5.92 Å². The molecule has 0 spiro atoms. The van der Waals surface area contributed by atoms with Crippen molar-refractivity contribution < 1.29 is 0 Å². The predicted molar refractivity (Wildman–Crippen MR) is 266 cm³/mol. The molecule has 2 nitrogen and oxygen atoms in total. The van der Waals surface area contributed by atoms with Crippen molar-refractivity contribution in [1.29, 1.82) is 0 Å². The van der Waals surface area contributed by atoms with Gasteiger partial charge in [0.05, 0.1) is 11.0 Å². The number of para-hydroxylation sites is 2. The van der Waals surface area contributed by atoms with Gasteiger partial charge in [-0.05, 0) is 147 Å². The Hall–Kier alpha value is -6.64. The smallest absolute Gasteiger partial charge is 0.0561 e. The normalized spacial score (nSPS) is 16.1. The monoisotopic (exact) mass is 814 g/mol. The van der Waals surface area contributed by atoms with E-state index >= 15 is 0 Å². The van der Waals surface area contributed by atoms with E-state index in [1.54, 1.807) is 0 Å². The van der Waals surface area contributed by atoms with Crippen molar-refractivity contribution in [2.75, 3.05) is 4.90 Å². The lowest BCUT2D eigenvalue weighted by atomic mass is 9.81. The standard InChI is InChI=1S/C61H54N2/c1-60(2)54-22-14-12-20-48(54)49-32-26-43(37-56(49)60)42-27-35-55-53(36-42)50-33-30-46(38-57(50)61(55,3)4)62(45-28-24-41(25-29-45)40-16-8-5-6-9-17-40)47-31-34-52-51-21-13-15-23-58(51)63(59(52)39-47)44-18-10-7-11-19-44/h7,10-15,18-40H,5-6,8-9,16-17H2,1-4H3. The van der Waals surface area contributed by atoms with E-state index in [4.69, 9.17) is 0 Å². The lowest BCUT2D eigenvalue weighted by Gasteiger charge is -2.29. The summed E-state index contributed by atoms with van der Waals surface area (Å²) in [6.07, 6.45) is 8.00. The largest absolute Gasteiger partial charge is 0.310 e. The lowest BCUT2D eigenvalue weighted by Crippen LogP contribution is -2.16. The summed E-state index contributed by atoms with van der Waals surface area (Å²) in [4.78, 5) is 2.50. The van der Waals surface area contributed by atoms with E-state index < -0.39 is 0 Å². The Kier molecular flexibility index (Phi) is 8.74. The van der Waals surface area contributed by atoms with Crippen LogP contribution < -0.4 is 4.90 Å². The van der Waals surface area contributed by atoms with Gasteiger partial charge in [0.1, 0.15) is 0 Å². The Morgan fingerprint density at radius 3 is 1.79 bits per heavy atom. The summed E-state index contributed by atoms with van der Waals surface area (Å²) in [7, 11) is 0. The SMILES string of the molecule is CC1(C)c2ccccc2-c2ccc(-c3ccc4c(c3)-c3ccc(N(c5ccc(C6CCCCCC6)cc5)c5ccc6c7ccccc7n(-c7ccccc7)c6c5)cc3C4(C)C)cc21. The Morgan fingerprint density at radius 1 is 0.413 bits per heavy atom. The van der Waals surface area contributed by atoms with Crippen LogP contribution in [0.5, 0.6) is 0 Å². The van der Waals surface area contributed by atoms with Gasteiger partial charge in [0.15, 0.2) is 0 Å². The van der Waals surface area contributed by atoms with Crippen molar-refractivity contribution in [2.45, 2.75) is 83.0 Å². The zero-order valence-corrected chi connectivity index (χ0v) is 37.0. The molecule has 1 aromatic heterocycles. The van der Waals surface area contributed by atoms with E-state index in [2.05, 4.69) is 213 Å². The van der Waals surface area contributed by atoms with Crippen molar-refractivity contribution in [3.05, 3.63) is 204 Å². The van der Waals surface area contributed by atoms with Crippen LogP contribution in [0.25, 0.3) is 60.9 Å². The van der Waals surface area contributed by atoms with Crippen molar-refractivity contribution >= 4 is 38.9 Å². The molecule has 0 unspecified atom stereocenters. The van der Waals surface area contributed by atoms with Gasteiger partial charge in [0.25, 0.3) is 0 Å². The van der Waals surface area contributed by atoms with Crippen LogP contribution in [0.3, 0.4) is 0 Å². The fourth-order valence-corrected chi connectivity index (χ4v) is 11.9. The number of rotatable bonds is 6. The first-order chi connectivity index (χ1) is 30.8. The summed E-state index contributed by atoms with van der Waals surface area (Å²) in [6, 6.07) is 66.9. The van der Waals surface area contributed by atoms with E-state index in [-0.39, 0.29) is 10.8 Å². The zero-order valence-electron chi connectivity index (χ0n) is 37.0. The fraction of sp³-hybridized carbons (Fsp3) is 0.213. The number of benzene rings is 8. The molecule has 1 saturated carbocycles. The average Bonchev–Trinajstić information content (AvgIpc) is 3.70. The second kappa shape index (κ2) is 14.5. The van der Waals surface area contributed by atoms with Crippen LogP contribution in [0.1, 0.15) is 100.0 Å². The molecule has 0 atom stereocenters. The minimum Gasteiger partial charge on any atom is -0.310 e. The van der Waals surface area contributed by atoms with Crippen LogP contribution in [0.2, 0.25) is 0 Å². The fourth-order valence-electron chi connectivity index (χ4n) is 11.9. The van der Waals surface area contributed by atoms with Gasteiger partial charge in [-0.1, -0.05) is 163 Å². The molecule has 1 fully saturated rings. The third-order valence-electron chi connectivity index (χ3n) is 15.2. The van der Waals surface area contributed by atoms with Gasteiger partial charge in [-0.2, -0.15) is 0 Å². The van der Waals surface area contributed by atoms with Gasteiger partial charge < -0.3 is 9.47 Å². The number of hydrogen-bond donors (Lipinski definition) is 0. The number of hydrogen-bond acceptors (Lipinski definition) is 1. The first-order valence-electron chi connectivity index (χ1n) is 23.3. The van der Waals surface area contributed by atoms with Crippen LogP contribution in [-0.2, 0) is 10.8 Å². The molecule has 3 aliphatic carbocycles. The van der Waals surface area contributed by atoms with E-state index in [0.717, 1.165) is 5.69 Å². The summed E-state index contributed by atoms with van der Waals surface area (Å²) in [5.41, 5.74) is 22.0. The van der Waals surface area contributed by atoms with Crippen LogP contribution >= 0.6 is 0 Å². The molecule has 63 heavy (non-hydrogen) atoms. The summed E-state index contributed by atoms with van der Waals surface area (Å²) in [5.74, 6) is 0.650. The maximum Gasteiger partial charge on any atom is 0.0561 e. The van der Waals surface area contributed by atoms with Crippen LogP contribution in [0.4, 0.5) is 17.1 Å². The van der Waals surface area contributed by atoms with Crippen LogP contribution in [0, 0.1) is 0 Å². The zero-order chi connectivity index (χ0) is 42.5. The molecule has 0 aliphatic heterocycles. The van der Waals surface area contributed by atoms with Crippen LogP contribution in [-0.4, -0.2) is 4.57 Å². The summed E-state index contributed by atoms with van der Waals surface area (Å²) < 4.78 is 2.43. The Morgan fingerprint density at radius 2 is 0.984 bits per heavy atom.